The van der Waals surface area contributed by atoms with Gasteiger partial charge in [-0.05, 0) is 23.8 Å². The van der Waals surface area contributed by atoms with Gasteiger partial charge < -0.3 is 10.1 Å². The SMILES string of the molecule is O=C(O)c1cnn(Cc2c[nH]c(-c3cccc(C(F)(F)F)c3F)c2)c1. The number of halogens is 4. The van der Waals surface area contributed by atoms with E-state index in [4.69, 9.17) is 5.11 Å². The van der Waals surface area contributed by atoms with E-state index in [0.717, 1.165) is 6.07 Å². The molecule has 3 aromatic rings. The first-order valence-electron chi connectivity index (χ1n) is 7.05. The van der Waals surface area contributed by atoms with Gasteiger partial charge in [0.2, 0.25) is 0 Å². The van der Waals surface area contributed by atoms with Crippen LogP contribution in [0.5, 0.6) is 0 Å². The first-order chi connectivity index (χ1) is 11.8. The Kier molecular flexibility index (Phi) is 4.07. The zero-order valence-corrected chi connectivity index (χ0v) is 12.5. The van der Waals surface area contributed by atoms with Crippen LogP contribution >= 0.6 is 0 Å². The summed E-state index contributed by atoms with van der Waals surface area (Å²) in [7, 11) is 0. The van der Waals surface area contributed by atoms with Crippen LogP contribution in [-0.4, -0.2) is 25.8 Å². The molecule has 2 heterocycles. The fraction of sp³-hybridized carbons (Fsp3) is 0.125. The van der Waals surface area contributed by atoms with Crippen molar-refractivity contribution in [1.29, 1.82) is 0 Å². The lowest BCUT2D eigenvalue weighted by Gasteiger charge is -2.10. The third kappa shape index (κ3) is 3.39. The molecule has 1 aromatic carbocycles. The second-order valence-corrected chi connectivity index (χ2v) is 5.32. The largest absolute Gasteiger partial charge is 0.478 e. The summed E-state index contributed by atoms with van der Waals surface area (Å²) in [6, 6.07) is 4.55. The summed E-state index contributed by atoms with van der Waals surface area (Å²) in [6.45, 7) is 0.185. The molecule has 3 rings (SSSR count). The van der Waals surface area contributed by atoms with Gasteiger partial charge in [0, 0.05) is 23.7 Å². The molecule has 0 saturated carbocycles. The molecule has 0 aliphatic heterocycles. The number of rotatable bonds is 4. The molecule has 0 saturated heterocycles. The maximum absolute atomic E-state index is 14.2. The summed E-state index contributed by atoms with van der Waals surface area (Å²) in [6.07, 6.45) is -0.781. The monoisotopic (exact) mass is 353 g/mol. The first kappa shape index (κ1) is 16.7. The van der Waals surface area contributed by atoms with Crippen LogP contribution in [0.3, 0.4) is 0 Å². The van der Waals surface area contributed by atoms with Crippen LogP contribution in [0.25, 0.3) is 11.3 Å². The quantitative estimate of drug-likeness (QED) is 0.701. The number of carboxylic acid groups (broad SMARTS) is 1. The van der Waals surface area contributed by atoms with Crippen molar-refractivity contribution in [2.24, 2.45) is 0 Å². The molecule has 9 heteroatoms. The van der Waals surface area contributed by atoms with Crippen LogP contribution in [0.1, 0.15) is 21.5 Å². The molecule has 2 aromatic heterocycles. The number of aromatic amines is 1. The highest BCUT2D eigenvalue weighted by Crippen LogP contribution is 2.35. The third-order valence-electron chi connectivity index (χ3n) is 3.56. The van der Waals surface area contributed by atoms with Crippen molar-refractivity contribution in [1.82, 2.24) is 14.8 Å². The molecule has 0 aliphatic carbocycles. The molecule has 0 aliphatic rings. The van der Waals surface area contributed by atoms with Crippen LogP contribution in [0.15, 0.2) is 42.9 Å². The summed E-state index contributed by atoms with van der Waals surface area (Å²) in [4.78, 5) is 13.5. The number of carboxylic acids is 1. The van der Waals surface area contributed by atoms with Gasteiger partial charge in [-0.1, -0.05) is 6.07 Å². The van der Waals surface area contributed by atoms with Crippen molar-refractivity contribution in [3.8, 4) is 11.3 Å². The van der Waals surface area contributed by atoms with Gasteiger partial charge in [0.25, 0.3) is 0 Å². The van der Waals surface area contributed by atoms with E-state index in [1.165, 1.54) is 35.4 Å². The number of hydrogen-bond donors (Lipinski definition) is 2. The number of benzene rings is 1. The van der Waals surface area contributed by atoms with Crippen molar-refractivity contribution in [3.63, 3.8) is 0 Å². The Hall–Kier alpha value is -3.10. The number of carbonyl (C=O) groups is 1. The molecule has 0 unspecified atom stereocenters. The zero-order chi connectivity index (χ0) is 18.2. The van der Waals surface area contributed by atoms with Crippen LogP contribution in [0.2, 0.25) is 0 Å². The standard InChI is InChI=1S/C16H11F4N3O2/c17-14-11(2-1-3-12(14)16(18,19)20)13-4-9(5-21-13)7-23-8-10(6-22-23)15(24)25/h1-6,8,21H,7H2,(H,24,25). The normalized spacial score (nSPS) is 11.7. The minimum Gasteiger partial charge on any atom is -0.478 e. The summed E-state index contributed by atoms with van der Waals surface area (Å²) in [5.41, 5.74) is -0.733. The van der Waals surface area contributed by atoms with Crippen LogP contribution in [-0.2, 0) is 12.7 Å². The van der Waals surface area contributed by atoms with Gasteiger partial charge >= 0.3 is 12.1 Å². The maximum Gasteiger partial charge on any atom is 0.419 e. The number of alkyl halides is 3. The molecule has 5 nitrogen and oxygen atoms in total. The van der Waals surface area contributed by atoms with E-state index >= 15 is 0 Å². The first-order valence-corrected chi connectivity index (χ1v) is 7.05. The van der Waals surface area contributed by atoms with Gasteiger partial charge in [-0.25, -0.2) is 9.18 Å². The van der Waals surface area contributed by atoms with Crippen molar-refractivity contribution in [2.45, 2.75) is 12.7 Å². The summed E-state index contributed by atoms with van der Waals surface area (Å²) in [5.74, 6) is -2.47. The van der Waals surface area contributed by atoms with Gasteiger partial charge in [0.05, 0.1) is 23.9 Å². The minimum atomic E-state index is -4.78. The Morgan fingerprint density at radius 3 is 2.72 bits per heavy atom. The second kappa shape index (κ2) is 6.08. The number of nitrogens with one attached hydrogen (secondary N) is 1. The minimum absolute atomic E-state index is 0.0136. The maximum atomic E-state index is 14.2. The zero-order valence-electron chi connectivity index (χ0n) is 12.5. The smallest absolute Gasteiger partial charge is 0.419 e. The predicted octanol–water partition coefficient (Wildman–Crippen LogP) is 3.78. The van der Waals surface area contributed by atoms with E-state index in [9.17, 15) is 22.4 Å². The van der Waals surface area contributed by atoms with E-state index in [1.54, 1.807) is 0 Å². The summed E-state index contributed by atoms with van der Waals surface area (Å²) < 4.78 is 53.9. The fourth-order valence-corrected chi connectivity index (χ4v) is 2.39. The number of aromatic carboxylic acids is 1. The molecular weight excluding hydrogens is 342 g/mol. The molecule has 0 spiro atoms. The summed E-state index contributed by atoms with van der Waals surface area (Å²) in [5, 5.41) is 12.7. The van der Waals surface area contributed by atoms with Gasteiger partial charge in [-0.3, -0.25) is 4.68 Å². The van der Waals surface area contributed by atoms with Gasteiger partial charge in [0.1, 0.15) is 5.82 Å². The number of nitrogens with zero attached hydrogens (tertiary/aromatic N) is 2. The van der Waals surface area contributed by atoms with Crippen LogP contribution in [0, 0.1) is 5.82 Å². The number of H-pyrrole nitrogens is 1. The van der Waals surface area contributed by atoms with E-state index < -0.39 is 23.5 Å². The Morgan fingerprint density at radius 1 is 1.32 bits per heavy atom. The van der Waals surface area contributed by atoms with E-state index in [1.807, 2.05) is 0 Å². The Bertz CT molecular complexity index is 928. The Labute approximate surface area is 138 Å². The Morgan fingerprint density at radius 2 is 2.08 bits per heavy atom. The lowest BCUT2D eigenvalue weighted by atomic mass is 10.1. The van der Waals surface area contributed by atoms with Gasteiger partial charge in [-0.15, -0.1) is 0 Å². The van der Waals surface area contributed by atoms with Crippen molar-refractivity contribution >= 4 is 5.97 Å². The highest BCUT2D eigenvalue weighted by Gasteiger charge is 2.35. The van der Waals surface area contributed by atoms with Crippen molar-refractivity contribution in [3.05, 3.63) is 65.4 Å². The van der Waals surface area contributed by atoms with Crippen molar-refractivity contribution < 1.29 is 27.5 Å². The fourth-order valence-electron chi connectivity index (χ4n) is 2.39. The lowest BCUT2D eigenvalue weighted by Crippen LogP contribution is -2.08. The molecule has 0 amide bonds. The molecule has 0 atom stereocenters. The van der Waals surface area contributed by atoms with E-state index in [-0.39, 0.29) is 23.4 Å². The van der Waals surface area contributed by atoms with E-state index in [0.29, 0.717) is 11.6 Å². The van der Waals surface area contributed by atoms with Gasteiger partial charge in [0.15, 0.2) is 0 Å². The summed E-state index contributed by atoms with van der Waals surface area (Å²) >= 11 is 0. The topological polar surface area (TPSA) is 70.9 Å². The molecule has 0 bridgehead atoms. The molecule has 0 radical (unpaired) electrons. The second-order valence-electron chi connectivity index (χ2n) is 5.32. The van der Waals surface area contributed by atoms with Crippen LogP contribution in [0.4, 0.5) is 17.6 Å². The average molecular weight is 353 g/mol. The van der Waals surface area contributed by atoms with E-state index in [2.05, 4.69) is 10.1 Å². The molecule has 0 fully saturated rings. The van der Waals surface area contributed by atoms with Crippen LogP contribution < -0.4 is 0 Å². The average Bonchev–Trinajstić information content (AvgIpc) is 3.16. The molecule has 2 N–H and O–H groups in total. The van der Waals surface area contributed by atoms with Crippen molar-refractivity contribution in [2.75, 3.05) is 0 Å². The predicted molar refractivity (Wildman–Crippen MR) is 79.5 cm³/mol. The molecule has 130 valence electrons. The Balaban J connectivity index is 1.88. The highest BCUT2D eigenvalue weighted by atomic mass is 19.4. The third-order valence-corrected chi connectivity index (χ3v) is 3.56. The number of aromatic nitrogens is 3. The molecular formula is C16H11F4N3O2. The lowest BCUT2D eigenvalue weighted by molar-refractivity contribution is -0.139. The molecule has 25 heavy (non-hydrogen) atoms. The highest BCUT2D eigenvalue weighted by molar-refractivity contribution is 5.86. The number of hydrogen-bond acceptors (Lipinski definition) is 2. The van der Waals surface area contributed by atoms with Gasteiger partial charge in [-0.2, -0.15) is 18.3 Å².